The van der Waals surface area contributed by atoms with Crippen molar-refractivity contribution in [1.29, 1.82) is 5.26 Å². The van der Waals surface area contributed by atoms with Gasteiger partial charge in [-0.25, -0.2) is 0 Å². The number of hydrogen-bond donors (Lipinski definition) is 0. The molecule has 18 heavy (non-hydrogen) atoms. The van der Waals surface area contributed by atoms with Gasteiger partial charge in [-0.3, -0.25) is 0 Å². The SMILES string of the molecule is CCC1CCC(OCCC#N)C1c1ccccc1. The van der Waals surface area contributed by atoms with Crippen molar-refractivity contribution in [2.75, 3.05) is 6.61 Å². The van der Waals surface area contributed by atoms with Gasteiger partial charge in [-0.15, -0.1) is 0 Å². The summed E-state index contributed by atoms with van der Waals surface area (Å²) in [5.74, 6) is 1.23. The normalized spacial score (nSPS) is 27.0. The van der Waals surface area contributed by atoms with Crippen LogP contribution in [0.5, 0.6) is 0 Å². The Morgan fingerprint density at radius 1 is 1.28 bits per heavy atom. The number of ether oxygens (including phenoxy) is 1. The van der Waals surface area contributed by atoms with E-state index in [0.29, 0.717) is 25.0 Å². The molecule has 0 amide bonds. The molecule has 0 saturated heterocycles. The molecule has 0 heterocycles. The van der Waals surface area contributed by atoms with E-state index in [2.05, 4.69) is 43.3 Å². The average molecular weight is 243 g/mol. The molecule has 1 aromatic carbocycles. The summed E-state index contributed by atoms with van der Waals surface area (Å²) in [6, 6.07) is 12.8. The second-order valence-corrected chi connectivity index (χ2v) is 5.00. The molecule has 2 rings (SSSR count). The standard InChI is InChI=1S/C16H21NO/c1-2-13-9-10-15(18-12-6-11-17)16(13)14-7-4-3-5-8-14/h3-5,7-8,13,15-16H,2,6,9-10,12H2,1H3. The van der Waals surface area contributed by atoms with Crippen molar-refractivity contribution in [2.24, 2.45) is 5.92 Å². The van der Waals surface area contributed by atoms with Crippen molar-refractivity contribution < 1.29 is 4.74 Å². The average Bonchev–Trinajstić information content (AvgIpc) is 2.83. The van der Waals surface area contributed by atoms with E-state index in [1.54, 1.807) is 0 Å². The summed E-state index contributed by atoms with van der Waals surface area (Å²) in [6.07, 6.45) is 4.37. The Labute approximate surface area is 110 Å². The number of hydrogen-bond acceptors (Lipinski definition) is 2. The molecule has 1 aromatic rings. The molecule has 0 spiro atoms. The Balaban J connectivity index is 2.08. The molecule has 0 radical (unpaired) electrons. The van der Waals surface area contributed by atoms with Gasteiger partial charge in [0.25, 0.3) is 0 Å². The maximum atomic E-state index is 8.59. The largest absolute Gasteiger partial charge is 0.377 e. The molecule has 2 heteroatoms. The first-order valence-electron chi connectivity index (χ1n) is 6.90. The molecule has 96 valence electrons. The molecule has 0 bridgehead atoms. The summed E-state index contributed by atoms with van der Waals surface area (Å²) in [5.41, 5.74) is 1.39. The van der Waals surface area contributed by atoms with Crippen LogP contribution in [0.15, 0.2) is 30.3 Å². The van der Waals surface area contributed by atoms with E-state index in [0.717, 1.165) is 12.3 Å². The molecule has 2 nitrogen and oxygen atoms in total. The lowest BCUT2D eigenvalue weighted by Crippen LogP contribution is -2.21. The Hall–Kier alpha value is -1.33. The van der Waals surface area contributed by atoms with Crippen LogP contribution in [-0.2, 0) is 4.74 Å². The van der Waals surface area contributed by atoms with Gasteiger partial charge < -0.3 is 4.74 Å². The van der Waals surface area contributed by atoms with E-state index >= 15 is 0 Å². The lowest BCUT2D eigenvalue weighted by Gasteiger charge is -2.24. The van der Waals surface area contributed by atoms with Crippen LogP contribution in [0.1, 0.15) is 44.1 Å². The number of nitrogens with zero attached hydrogens (tertiary/aromatic N) is 1. The molecule has 1 fully saturated rings. The third kappa shape index (κ3) is 2.91. The highest BCUT2D eigenvalue weighted by molar-refractivity contribution is 5.23. The first-order chi connectivity index (χ1) is 8.86. The molecule has 0 aliphatic heterocycles. The van der Waals surface area contributed by atoms with Crippen molar-refractivity contribution in [3.05, 3.63) is 35.9 Å². The van der Waals surface area contributed by atoms with Gasteiger partial charge in [0.2, 0.25) is 0 Å². The molecule has 0 N–H and O–H groups in total. The molecule has 1 aliphatic carbocycles. The van der Waals surface area contributed by atoms with Gasteiger partial charge in [-0.05, 0) is 24.3 Å². The fourth-order valence-electron chi connectivity index (χ4n) is 3.10. The highest BCUT2D eigenvalue weighted by Crippen LogP contribution is 2.43. The first-order valence-corrected chi connectivity index (χ1v) is 6.90. The molecular formula is C16H21NO. The van der Waals surface area contributed by atoms with Crippen LogP contribution >= 0.6 is 0 Å². The van der Waals surface area contributed by atoms with E-state index in [9.17, 15) is 0 Å². The minimum Gasteiger partial charge on any atom is -0.377 e. The summed E-state index contributed by atoms with van der Waals surface area (Å²) in [4.78, 5) is 0. The van der Waals surface area contributed by atoms with Gasteiger partial charge >= 0.3 is 0 Å². The van der Waals surface area contributed by atoms with E-state index in [1.165, 1.54) is 18.4 Å². The topological polar surface area (TPSA) is 33.0 Å². The molecule has 3 atom stereocenters. The fourth-order valence-corrected chi connectivity index (χ4v) is 3.10. The number of benzene rings is 1. The molecule has 3 unspecified atom stereocenters. The quantitative estimate of drug-likeness (QED) is 0.735. The summed E-state index contributed by atoms with van der Waals surface area (Å²) in [5, 5.41) is 8.59. The fraction of sp³-hybridized carbons (Fsp3) is 0.562. The van der Waals surface area contributed by atoms with E-state index in [-0.39, 0.29) is 0 Å². The zero-order chi connectivity index (χ0) is 12.8. The Morgan fingerprint density at radius 2 is 2.06 bits per heavy atom. The maximum absolute atomic E-state index is 8.59. The van der Waals surface area contributed by atoms with Crippen LogP contribution in [0.3, 0.4) is 0 Å². The van der Waals surface area contributed by atoms with Crippen molar-refractivity contribution >= 4 is 0 Å². The molecular weight excluding hydrogens is 222 g/mol. The summed E-state index contributed by atoms with van der Waals surface area (Å²) in [7, 11) is 0. The third-order valence-electron chi connectivity index (χ3n) is 3.99. The van der Waals surface area contributed by atoms with Gasteiger partial charge in [-0.2, -0.15) is 5.26 Å². The molecule has 1 saturated carbocycles. The minimum absolute atomic E-state index is 0.297. The van der Waals surface area contributed by atoms with Crippen molar-refractivity contribution in [3.63, 3.8) is 0 Å². The van der Waals surface area contributed by atoms with Crippen LogP contribution in [0, 0.1) is 17.2 Å². The highest BCUT2D eigenvalue weighted by Gasteiger charge is 2.36. The second-order valence-electron chi connectivity index (χ2n) is 5.00. The monoisotopic (exact) mass is 243 g/mol. The molecule has 1 aliphatic rings. The maximum Gasteiger partial charge on any atom is 0.0646 e. The predicted octanol–water partition coefficient (Wildman–Crippen LogP) is 3.89. The first kappa shape index (κ1) is 13.1. The van der Waals surface area contributed by atoms with Gasteiger partial charge in [-0.1, -0.05) is 43.7 Å². The van der Waals surface area contributed by atoms with Gasteiger partial charge in [0.05, 0.1) is 25.2 Å². The Kier molecular flexibility index (Phi) is 4.78. The summed E-state index contributed by atoms with van der Waals surface area (Å²) in [6.45, 7) is 2.83. The van der Waals surface area contributed by atoms with E-state index in [1.807, 2.05) is 0 Å². The lowest BCUT2D eigenvalue weighted by atomic mass is 9.86. The van der Waals surface area contributed by atoms with Gasteiger partial charge in [0.15, 0.2) is 0 Å². The third-order valence-corrected chi connectivity index (χ3v) is 3.99. The minimum atomic E-state index is 0.297. The second kappa shape index (κ2) is 6.56. The zero-order valence-electron chi connectivity index (χ0n) is 11.0. The van der Waals surface area contributed by atoms with E-state index in [4.69, 9.17) is 10.00 Å². The highest BCUT2D eigenvalue weighted by atomic mass is 16.5. The van der Waals surface area contributed by atoms with E-state index < -0.39 is 0 Å². The smallest absolute Gasteiger partial charge is 0.0646 e. The predicted molar refractivity (Wildman–Crippen MR) is 72.2 cm³/mol. The van der Waals surface area contributed by atoms with Gasteiger partial charge in [0, 0.05) is 5.92 Å². The van der Waals surface area contributed by atoms with Crippen molar-refractivity contribution in [1.82, 2.24) is 0 Å². The summed E-state index contributed by atoms with van der Waals surface area (Å²) >= 11 is 0. The van der Waals surface area contributed by atoms with Crippen LogP contribution in [0.4, 0.5) is 0 Å². The number of rotatable bonds is 5. The van der Waals surface area contributed by atoms with Crippen molar-refractivity contribution in [3.8, 4) is 6.07 Å². The van der Waals surface area contributed by atoms with Crippen molar-refractivity contribution in [2.45, 2.75) is 44.6 Å². The lowest BCUT2D eigenvalue weighted by molar-refractivity contribution is 0.0457. The zero-order valence-corrected chi connectivity index (χ0v) is 11.0. The van der Waals surface area contributed by atoms with Crippen LogP contribution < -0.4 is 0 Å². The molecule has 0 aromatic heterocycles. The summed E-state index contributed by atoms with van der Waals surface area (Å²) < 4.78 is 5.92. The van der Waals surface area contributed by atoms with Gasteiger partial charge in [0.1, 0.15) is 0 Å². The Morgan fingerprint density at radius 3 is 2.72 bits per heavy atom. The number of nitriles is 1. The van der Waals surface area contributed by atoms with Crippen LogP contribution in [0.2, 0.25) is 0 Å². The van der Waals surface area contributed by atoms with Crippen LogP contribution in [-0.4, -0.2) is 12.7 Å². The van der Waals surface area contributed by atoms with Crippen LogP contribution in [0.25, 0.3) is 0 Å². The Bertz CT molecular complexity index is 395.